The molecule has 0 aromatic heterocycles. The van der Waals surface area contributed by atoms with Crippen molar-refractivity contribution in [1.82, 2.24) is 4.90 Å². The Balaban J connectivity index is 2.41. The summed E-state index contributed by atoms with van der Waals surface area (Å²) in [5, 5.41) is 0.690. The third-order valence-electron chi connectivity index (χ3n) is 3.18. The Morgan fingerprint density at radius 3 is 2.67 bits per heavy atom. The highest BCUT2D eigenvalue weighted by molar-refractivity contribution is 9.10. The van der Waals surface area contributed by atoms with E-state index in [0.717, 1.165) is 10.0 Å². The molecule has 24 heavy (non-hydrogen) atoms. The summed E-state index contributed by atoms with van der Waals surface area (Å²) < 4.78 is 12.3. The average molecular weight is 413 g/mol. The number of likely N-dealkylation sites (N-methyl/N-ethyl adjacent to an activating group) is 1. The van der Waals surface area contributed by atoms with Crippen molar-refractivity contribution in [2.75, 3.05) is 20.7 Å². The number of halogens is 1. The van der Waals surface area contributed by atoms with Crippen molar-refractivity contribution >= 4 is 44.8 Å². The molecule has 0 unspecified atom stereocenters. The maximum atomic E-state index is 12.3. The Kier molecular flexibility index (Phi) is 6.34. The molecule has 0 saturated carbocycles. The fraction of sp³-hybridized carbons (Fsp3) is 0.412. The summed E-state index contributed by atoms with van der Waals surface area (Å²) >= 11 is 4.90. The lowest BCUT2D eigenvalue weighted by molar-refractivity contribution is -0.121. The number of carbonyl (C=O) groups excluding carboxylic acids is 1. The molecule has 0 N–H and O–H groups in total. The van der Waals surface area contributed by atoms with E-state index in [1.54, 1.807) is 19.0 Å². The molecule has 0 bridgehead atoms. The molecular weight excluding hydrogens is 392 g/mol. The predicted octanol–water partition coefficient (Wildman–Crippen LogP) is 4.17. The van der Waals surface area contributed by atoms with E-state index < -0.39 is 0 Å². The SMILES string of the molecule is CCOc1cc(/C=C2/SC(=NC)N(C)C2=O)cc(Br)c1OC(C)C. The minimum atomic E-state index is -0.0582. The van der Waals surface area contributed by atoms with Crippen LogP contribution >= 0.6 is 27.7 Å². The first-order valence-electron chi connectivity index (χ1n) is 7.64. The number of carbonyl (C=O) groups is 1. The summed E-state index contributed by atoms with van der Waals surface area (Å²) in [6, 6.07) is 3.80. The minimum Gasteiger partial charge on any atom is -0.490 e. The highest BCUT2D eigenvalue weighted by Crippen LogP contribution is 2.39. The van der Waals surface area contributed by atoms with Gasteiger partial charge in [0.25, 0.3) is 5.91 Å². The molecule has 2 rings (SSSR count). The van der Waals surface area contributed by atoms with Gasteiger partial charge >= 0.3 is 0 Å². The van der Waals surface area contributed by atoms with Gasteiger partial charge in [-0.15, -0.1) is 0 Å². The van der Waals surface area contributed by atoms with Gasteiger partial charge in [-0.25, -0.2) is 0 Å². The highest BCUT2D eigenvalue weighted by atomic mass is 79.9. The van der Waals surface area contributed by atoms with Gasteiger partial charge in [-0.1, -0.05) is 0 Å². The third kappa shape index (κ3) is 4.13. The molecule has 1 aliphatic rings. The van der Waals surface area contributed by atoms with Crippen molar-refractivity contribution in [2.24, 2.45) is 4.99 Å². The van der Waals surface area contributed by atoms with Crippen LogP contribution in [0.5, 0.6) is 11.5 Å². The third-order valence-corrected chi connectivity index (χ3v) is 4.92. The van der Waals surface area contributed by atoms with Gasteiger partial charge in [0.1, 0.15) is 0 Å². The Hall–Kier alpha value is -1.47. The topological polar surface area (TPSA) is 51.1 Å². The van der Waals surface area contributed by atoms with Crippen LogP contribution in [0.15, 0.2) is 26.5 Å². The maximum absolute atomic E-state index is 12.3. The van der Waals surface area contributed by atoms with Crippen LogP contribution in [0.3, 0.4) is 0 Å². The van der Waals surface area contributed by atoms with Gasteiger partial charge in [0, 0.05) is 14.1 Å². The molecule has 0 aliphatic carbocycles. The van der Waals surface area contributed by atoms with Gasteiger partial charge < -0.3 is 9.47 Å². The summed E-state index contributed by atoms with van der Waals surface area (Å²) in [4.78, 5) is 18.6. The Morgan fingerprint density at radius 1 is 1.42 bits per heavy atom. The van der Waals surface area contributed by atoms with Crippen LogP contribution < -0.4 is 9.47 Å². The Morgan fingerprint density at radius 2 is 2.12 bits per heavy atom. The first-order valence-corrected chi connectivity index (χ1v) is 9.25. The lowest BCUT2D eigenvalue weighted by atomic mass is 10.1. The fourth-order valence-electron chi connectivity index (χ4n) is 2.19. The van der Waals surface area contributed by atoms with Crippen LogP contribution in [0.4, 0.5) is 0 Å². The molecule has 0 spiro atoms. The number of amidine groups is 1. The molecule has 1 amide bonds. The van der Waals surface area contributed by atoms with E-state index in [-0.39, 0.29) is 12.0 Å². The van der Waals surface area contributed by atoms with E-state index in [1.165, 1.54) is 11.8 Å². The number of aliphatic imine (C=N–C) groups is 1. The smallest absolute Gasteiger partial charge is 0.266 e. The highest BCUT2D eigenvalue weighted by Gasteiger charge is 2.29. The van der Waals surface area contributed by atoms with Gasteiger partial charge in [-0.3, -0.25) is 14.7 Å². The zero-order chi connectivity index (χ0) is 17.9. The molecule has 1 aromatic carbocycles. The molecule has 0 atom stereocenters. The van der Waals surface area contributed by atoms with Gasteiger partial charge in [0.2, 0.25) is 0 Å². The Bertz CT molecular complexity index is 701. The number of nitrogens with zero attached hydrogens (tertiary/aromatic N) is 2. The molecule has 1 aromatic rings. The fourth-order valence-corrected chi connectivity index (χ4v) is 3.67. The second-order valence-electron chi connectivity index (χ2n) is 5.41. The quantitative estimate of drug-likeness (QED) is 0.680. The largest absolute Gasteiger partial charge is 0.490 e. The van der Waals surface area contributed by atoms with Crippen molar-refractivity contribution in [2.45, 2.75) is 26.9 Å². The Labute approximate surface area is 155 Å². The zero-order valence-corrected chi connectivity index (χ0v) is 16.8. The van der Waals surface area contributed by atoms with Gasteiger partial charge in [-0.2, -0.15) is 0 Å². The molecule has 1 aliphatic heterocycles. The summed E-state index contributed by atoms with van der Waals surface area (Å²) in [7, 11) is 3.40. The van der Waals surface area contributed by atoms with Crippen molar-refractivity contribution in [3.63, 3.8) is 0 Å². The summed E-state index contributed by atoms with van der Waals surface area (Å²) in [5.74, 6) is 1.27. The second-order valence-corrected chi connectivity index (χ2v) is 7.27. The average Bonchev–Trinajstić information content (AvgIpc) is 2.78. The first-order chi connectivity index (χ1) is 11.4. The van der Waals surface area contributed by atoms with E-state index >= 15 is 0 Å². The van der Waals surface area contributed by atoms with E-state index in [9.17, 15) is 4.79 Å². The number of amides is 1. The maximum Gasteiger partial charge on any atom is 0.266 e. The first kappa shape index (κ1) is 18.9. The lowest BCUT2D eigenvalue weighted by Gasteiger charge is -2.17. The normalized spacial score (nSPS) is 18.1. The zero-order valence-electron chi connectivity index (χ0n) is 14.4. The van der Waals surface area contributed by atoms with Gasteiger partial charge in [-0.05, 0) is 72.2 Å². The number of thioether (sulfide) groups is 1. The van der Waals surface area contributed by atoms with Gasteiger partial charge in [0.05, 0.1) is 22.1 Å². The van der Waals surface area contributed by atoms with Crippen LogP contribution in [-0.2, 0) is 4.79 Å². The van der Waals surface area contributed by atoms with Crippen LogP contribution in [0.2, 0.25) is 0 Å². The molecule has 0 radical (unpaired) electrons. The van der Waals surface area contributed by atoms with Crippen molar-refractivity contribution in [3.05, 3.63) is 27.1 Å². The predicted molar refractivity (Wildman–Crippen MR) is 103 cm³/mol. The van der Waals surface area contributed by atoms with E-state index in [4.69, 9.17) is 9.47 Å². The van der Waals surface area contributed by atoms with Crippen molar-refractivity contribution in [3.8, 4) is 11.5 Å². The number of hydrogen-bond acceptors (Lipinski definition) is 5. The van der Waals surface area contributed by atoms with E-state index in [1.807, 2.05) is 39.0 Å². The van der Waals surface area contributed by atoms with Crippen molar-refractivity contribution in [1.29, 1.82) is 0 Å². The van der Waals surface area contributed by atoms with Crippen molar-refractivity contribution < 1.29 is 14.3 Å². The minimum absolute atomic E-state index is 0.0358. The molecule has 5 nitrogen and oxygen atoms in total. The number of benzene rings is 1. The van der Waals surface area contributed by atoms with E-state index in [2.05, 4.69) is 20.9 Å². The van der Waals surface area contributed by atoms with Crippen LogP contribution in [-0.4, -0.2) is 42.8 Å². The number of rotatable bonds is 5. The lowest BCUT2D eigenvalue weighted by Crippen LogP contribution is -2.23. The number of ether oxygens (including phenoxy) is 2. The van der Waals surface area contributed by atoms with Crippen LogP contribution in [0.1, 0.15) is 26.3 Å². The molecule has 7 heteroatoms. The van der Waals surface area contributed by atoms with Crippen LogP contribution in [0, 0.1) is 0 Å². The van der Waals surface area contributed by atoms with Gasteiger partial charge in [0.15, 0.2) is 16.7 Å². The summed E-state index contributed by atoms with van der Waals surface area (Å²) in [6.45, 7) is 6.39. The summed E-state index contributed by atoms with van der Waals surface area (Å²) in [5.41, 5.74) is 0.864. The molecule has 1 fully saturated rings. The summed E-state index contributed by atoms with van der Waals surface area (Å²) in [6.07, 6.45) is 1.88. The molecule has 1 saturated heterocycles. The molecular formula is C17H21BrN2O3S. The molecule has 130 valence electrons. The second kappa shape index (κ2) is 8.07. The van der Waals surface area contributed by atoms with E-state index in [0.29, 0.717) is 28.2 Å². The standard InChI is InChI=1S/C17H21BrN2O3S/c1-6-22-13-8-11(7-12(18)15(13)23-10(2)3)9-14-16(21)20(5)17(19-4)24-14/h7-10H,6H2,1-5H3/b14-9+,19-17?. The monoisotopic (exact) mass is 412 g/mol. The number of hydrogen-bond donors (Lipinski definition) is 0. The molecule has 1 heterocycles. The van der Waals surface area contributed by atoms with Crippen LogP contribution in [0.25, 0.3) is 6.08 Å².